The third-order valence-corrected chi connectivity index (χ3v) is 5.15. The molecule has 0 fully saturated rings. The first kappa shape index (κ1) is 21.9. The molecule has 1 N–H and O–H groups in total. The SMILES string of the molecule is CC(NC(=O)c1nn(-c2ccccc2)c(=O)n(Cc2cccc(F)c2)c1=O)c1ccccc1. The topological polar surface area (TPSA) is 86.0 Å². The number of aromatic nitrogens is 3. The van der Waals surface area contributed by atoms with Gasteiger partial charge in [-0.15, -0.1) is 0 Å². The average molecular weight is 444 g/mol. The summed E-state index contributed by atoms with van der Waals surface area (Å²) in [6.45, 7) is 1.57. The van der Waals surface area contributed by atoms with E-state index < -0.39 is 34.7 Å². The molecule has 0 aliphatic rings. The van der Waals surface area contributed by atoms with Gasteiger partial charge in [0, 0.05) is 0 Å². The number of halogens is 1. The molecule has 7 nitrogen and oxygen atoms in total. The van der Waals surface area contributed by atoms with Gasteiger partial charge in [0.1, 0.15) is 5.82 Å². The number of nitrogens with one attached hydrogen (secondary N) is 1. The molecule has 1 atom stereocenters. The Morgan fingerprint density at radius 3 is 2.30 bits per heavy atom. The maximum absolute atomic E-state index is 13.7. The molecular formula is C25H21FN4O3. The first-order chi connectivity index (χ1) is 15.9. The molecule has 0 aliphatic carbocycles. The molecule has 1 unspecified atom stereocenters. The van der Waals surface area contributed by atoms with Crippen LogP contribution < -0.4 is 16.6 Å². The van der Waals surface area contributed by atoms with Crippen molar-refractivity contribution in [2.24, 2.45) is 0 Å². The standard InChI is InChI=1S/C25H21FN4O3/c1-17(19-10-4-2-5-11-19)27-23(31)22-24(32)29(16-18-9-8-12-20(26)15-18)25(33)30(28-22)21-13-6-3-7-14-21/h2-15,17H,16H2,1H3,(H,27,31). The molecule has 4 aromatic rings. The highest BCUT2D eigenvalue weighted by atomic mass is 19.1. The molecule has 0 saturated heterocycles. The number of hydrogen-bond donors (Lipinski definition) is 1. The normalized spacial score (nSPS) is 11.7. The Labute approximate surface area is 188 Å². The Morgan fingerprint density at radius 1 is 0.970 bits per heavy atom. The molecule has 1 aromatic heterocycles. The minimum absolute atomic E-state index is 0.209. The Bertz CT molecular complexity index is 1400. The van der Waals surface area contributed by atoms with Crippen LogP contribution in [0.25, 0.3) is 5.69 Å². The van der Waals surface area contributed by atoms with Gasteiger partial charge in [-0.2, -0.15) is 9.78 Å². The molecule has 166 valence electrons. The van der Waals surface area contributed by atoms with E-state index in [4.69, 9.17) is 0 Å². The van der Waals surface area contributed by atoms with Crippen LogP contribution in [0, 0.1) is 5.82 Å². The van der Waals surface area contributed by atoms with Gasteiger partial charge in [0.25, 0.3) is 11.5 Å². The van der Waals surface area contributed by atoms with Crippen molar-refractivity contribution >= 4 is 5.91 Å². The van der Waals surface area contributed by atoms with Crippen LogP contribution in [0.3, 0.4) is 0 Å². The highest BCUT2D eigenvalue weighted by molar-refractivity contribution is 5.92. The van der Waals surface area contributed by atoms with E-state index in [9.17, 15) is 18.8 Å². The summed E-state index contributed by atoms with van der Waals surface area (Å²) in [7, 11) is 0. The first-order valence-electron chi connectivity index (χ1n) is 10.3. The number of amides is 1. The summed E-state index contributed by atoms with van der Waals surface area (Å²) in [5.74, 6) is -1.21. The molecule has 33 heavy (non-hydrogen) atoms. The Morgan fingerprint density at radius 2 is 1.64 bits per heavy atom. The first-order valence-corrected chi connectivity index (χ1v) is 10.3. The summed E-state index contributed by atoms with van der Waals surface area (Å²) < 4.78 is 15.6. The predicted octanol–water partition coefficient (Wildman–Crippen LogP) is 3.07. The van der Waals surface area contributed by atoms with Crippen molar-refractivity contribution in [1.29, 1.82) is 0 Å². The van der Waals surface area contributed by atoms with Crippen molar-refractivity contribution in [2.75, 3.05) is 0 Å². The number of carbonyl (C=O) groups excluding carboxylic acids is 1. The van der Waals surface area contributed by atoms with Gasteiger partial charge >= 0.3 is 5.69 Å². The van der Waals surface area contributed by atoms with Crippen LogP contribution in [0.4, 0.5) is 4.39 Å². The summed E-state index contributed by atoms with van der Waals surface area (Å²) in [5.41, 5.74) is -0.373. The van der Waals surface area contributed by atoms with Gasteiger partial charge in [-0.1, -0.05) is 60.7 Å². The van der Waals surface area contributed by atoms with Crippen LogP contribution in [0.5, 0.6) is 0 Å². The minimum Gasteiger partial charge on any atom is -0.344 e. The van der Waals surface area contributed by atoms with Crippen molar-refractivity contribution < 1.29 is 9.18 Å². The molecule has 4 rings (SSSR count). The van der Waals surface area contributed by atoms with Crippen molar-refractivity contribution in [2.45, 2.75) is 19.5 Å². The van der Waals surface area contributed by atoms with Gasteiger partial charge in [0.2, 0.25) is 5.69 Å². The quantitative estimate of drug-likeness (QED) is 0.495. The van der Waals surface area contributed by atoms with Gasteiger partial charge in [-0.3, -0.25) is 14.2 Å². The van der Waals surface area contributed by atoms with Crippen LogP contribution in [-0.2, 0) is 6.54 Å². The van der Waals surface area contributed by atoms with Crippen molar-refractivity contribution in [3.8, 4) is 5.69 Å². The molecule has 0 bridgehead atoms. The van der Waals surface area contributed by atoms with E-state index in [0.29, 0.717) is 11.3 Å². The maximum Gasteiger partial charge on any atom is 0.352 e. The smallest absolute Gasteiger partial charge is 0.344 e. The number of benzene rings is 3. The van der Waals surface area contributed by atoms with E-state index in [1.54, 1.807) is 43.3 Å². The van der Waals surface area contributed by atoms with Gasteiger partial charge in [0.05, 0.1) is 18.3 Å². The molecule has 1 heterocycles. The number of carbonyl (C=O) groups is 1. The molecule has 1 amide bonds. The lowest BCUT2D eigenvalue weighted by atomic mass is 10.1. The van der Waals surface area contributed by atoms with E-state index >= 15 is 0 Å². The van der Waals surface area contributed by atoms with Gasteiger partial charge in [-0.05, 0) is 42.3 Å². The van der Waals surface area contributed by atoms with Crippen LogP contribution >= 0.6 is 0 Å². The minimum atomic E-state index is -0.853. The Kier molecular flexibility index (Phi) is 6.26. The molecule has 3 aromatic carbocycles. The number of para-hydroxylation sites is 1. The second kappa shape index (κ2) is 9.44. The molecule has 8 heteroatoms. The Hall–Kier alpha value is -4.33. The maximum atomic E-state index is 13.7. The van der Waals surface area contributed by atoms with Gasteiger partial charge in [-0.25, -0.2) is 9.18 Å². The van der Waals surface area contributed by atoms with Crippen LogP contribution in [0.15, 0.2) is 94.5 Å². The van der Waals surface area contributed by atoms with Crippen molar-refractivity contribution in [1.82, 2.24) is 19.7 Å². The van der Waals surface area contributed by atoms with E-state index in [2.05, 4.69) is 10.4 Å². The van der Waals surface area contributed by atoms with E-state index in [0.717, 1.165) is 14.8 Å². The van der Waals surface area contributed by atoms with Crippen molar-refractivity contribution in [3.63, 3.8) is 0 Å². The highest BCUT2D eigenvalue weighted by Crippen LogP contribution is 2.12. The lowest BCUT2D eigenvalue weighted by Crippen LogP contribution is -2.46. The Balaban J connectivity index is 1.80. The van der Waals surface area contributed by atoms with Gasteiger partial charge < -0.3 is 5.32 Å². The number of hydrogen-bond acceptors (Lipinski definition) is 4. The predicted molar refractivity (Wildman–Crippen MR) is 122 cm³/mol. The zero-order valence-corrected chi connectivity index (χ0v) is 17.8. The average Bonchev–Trinajstić information content (AvgIpc) is 2.83. The van der Waals surface area contributed by atoms with E-state index in [-0.39, 0.29) is 6.54 Å². The molecule has 0 saturated carbocycles. The van der Waals surface area contributed by atoms with Crippen LogP contribution in [0.2, 0.25) is 0 Å². The number of rotatable bonds is 6. The van der Waals surface area contributed by atoms with E-state index in [1.807, 2.05) is 30.3 Å². The molecule has 0 spiro atoms. The lowest BCUT2D eigenvalue weighted by Gasteiger charge is -2.15. The number of nitrogens with zero attached hydrogens (tertiary/aromatic N) is 3. The van der Waals surface area contributed by atoms with Crippen molar-refractivity contribution in [3.05, 3.63) is 128 Å². The van der Waals surface area contributed by atoms with Gasteiger partial charge in [0.15, 0.2) is 0 Å². The fraction of sp³-hybridized carbons (Fsp3) is 0.120. The van der Waals surface area contributed by atoms with Crippen LogP contribution in [-0.4, -0.2) is 20.3 Å². The fourth-order valence-corrected chi connectivity index (χ4v) is 3.44. The summed E-state index contributed by atoms with van der Waals surface area (Å²) in [6, 6.07) is 22.9. The van der Waals surface area contributed by atoms with Crippen LogP contribution in [0.1, 0.15) is 34.6 Å². The third-order valence-electron chi connectivity index (χ3n) is 5.15. The fourth-order valence-electron chi connectivity index (χ4n) is 3.44. The largest absolute Gasteiger partial charge is 0.352 e. The monoisotopic (exact) mass is 444 g/mol. The summed E-state index contributed by atoms with van der Waals surface area (Å²) in [4.78, 5) is 39.3. The van der Waals surface area contributed by atoms with E-state index in [1.165, 1.54) is 18.2 Å². The summed E-state index contributed by atoms with van der Waals surface area (Å²) >= 11 is 0. The zero-order valence-electron chi connectivity index (χ0n) is 17.8. The summed E-state index contributed by atoms with van der Waals surface area (Å²) in [6.07, 6.45) is 0. The molecule has 0 aliphatic heterocycles. The lowest BCUT2D eigenvalue weighted by molar-refractivity contribution is 0.0930. The summed E-state index contributed by atoms with van der Waals surface area (Å²) in [5, 5.41) is 6.85. The highest BCUT2D eigenvalue weighted by Gasteiger charge is 2.22. The molecule has 0 radical (unpaired) electrons. The second-order valence-electron chi connectivity index (χ2n) is 7.51. The third kappa shape index (κ3) is 4.79. The zero-order chi connectivity index (χ0) is 23.4. The molecular weight excluding hydrogens is 423 g/mol. The second-order valence-corrected chi connectivity index (χ2v) is 7.51.